The molecule has 0 bridgehead atoms. The fourth-order valence-electron chi connectivity index (χ4n) is 1.80. The largest absolute Gasteiger partial charge is 0.479 e. The number of rotatable bonds is 4. The van der Waals surface area contributed by atoms with E-state index in [0.717, 1.165) is 6.54 Å². The van der Waals surface area contributed by atoms with Crippen LogP contribution >= 0.6 is 0 Å². The van der Waals surface area contributed by atoms with Crippen molar-refractivity contribution in [2.75, 3.05) is 6.61 Å². The Morgan fingerprint density at radius 3 is 2.53 bits per heavy atom. The number of carbonyl (C=O) groups is 1. The normalized spacial score (nSPS) is 19.3. The van der Waals surface area contributed by atoms with E-state index in [1.165, 1.54) is 5.56 Å². The van der Waals surface area contributed by atoms with Crippen molar-refractivity contribution in [2.24, 2.45) is 0 Å². The van der Waals surface area contributed by atoms with Gasteiger partial charge >= 0.3 is 5.97 Å². The fraction of sp³-hybridized carbons (Fsp3) is 0.533. The molecule has 1 aliphatic rings. The Kier molecular flexibility index (Phi) is 4.10. The fourth-order valence-corrected chi connectivity index (χ4v) is 1.80. The lowest BCUT2D eigenvalue weighted by Crippen LogP contribution is -2.35. The van der Waals surface area contributed by atoms with Gasteiger partial charge in [-0.3, -0.25) is 0 Å². The molecule has 0 aliphatic carbocycles. The van der Waals surface area contributed by atoms with E-state index in [-0.39, 0.29) is 11.5 Å². The van der Waals surface area contributed by atoms with Gasteiger partial charge in [-0.2, -0.15) is 0 Å². The zero-order valence-electron chi connectivity index (χ0n) is 11.7. The molecule has 104 valence electrons. The molecule has 1 N–H and O–H groups in total. The molecule has 0 aromatic heterocycles. The molecule has 1 heterocycles. The van der Waals surface area contributed by atoms with Crippen LogP contribution < -0.4 is 10.1 Å². The van der Waals surface area contributed by atoms with Crippen LogP contribution in [0.2, 0.25) is 0 Å². The maximum Gasteiger partial charge on any atom is 0.347 e. The second kappa shape index (κ2) is 5.61. The van der Waals surface area contributed by atoms with Gasteiger partial charge in [-0.1, -0.05) is 12.1 Å². The quantitative estimate of drug-likeness (QED) is 0.847. The van der Waals surface area contributed by atoms with Crippen LogP contribution in [0.1, 0.15) is 32.8 Å². The summed E-state index contributed by atoms with van der Waals surface area (Å²) in [6.07, 6.45) is 0.185. The van der Waals surface area contributed by atoms with E-state index in [1.807, 2.05) is 24.3 Å². The molecule has 0 saturated carbocycles. The van der Waals surface area contributed by atoms with E-state index in [0.29, 0.717) is 18.8 Å². The summed E-state index contributed by atoms with van der Waals surface area (Å²) in [5, 5.41) is 3.42. The second-order valence-corrected chi connectivity index (χ2v) is 5.81. The van der Waals surface area contributed by atoms with Gasteiger partial charge in [0.15, 0.2) is 6.10 Å². The van der Waals surface area contributed by atoms with Crippen molar-refractivity contribution < 1.29 is 14.3 Å². The minimum atomic E-state index is -0.446. The van der Waals surface area contributed by atoms with Crippen LogP contribution in [0.4, 0.5) is 0 Å². The summed E-state index contributed by atoms with van der Waals surface area (Å²) in [5.74, 6) is 0.446. The summed E-state index contributed by atoms with van der Waals surface area (Å²) in [5.41, 5.74) is 1.29. The van der Waals surface area contributed by atoms with Gasteiger partial charge < -0.3 is 14.8 Å². The van der Waals surface area contributed by atoms with Crippen LogP contribution in [0.5, 0.6) is 5.75 Å². The zero-order valence-corrected chi connectivity index (χ0v) is 11.7. The molecule has 4 nitrogen and oxygen atoms in total. The Hall–Kier alpha value is -1.55. The number of benzene rings is 1. The first-order valence-corrected chi connectivity index (χ1v) is 6.61. The van der Waals surface area contributed by atoms with Gasteiger partial charge in [0.1, 0.15) is 5.75 Å². The average molecular weight is 263 g/mol. The first-order chi connectivity index (χ1) is 8.94. The van der Waals surface area contributed by atoms with Crippen molar-refractivity contribution in [3.05, 3.63) is 29.8 Å². The first-order valence-electron chi connectivity index (χ1n) is 6.61. The van der Waals surface area contributed by atoms with E-state index in [4.69, 9.17) is 9.47 Å². The molecule has 1 aromatic carbocycles. The maximum atomic E-state index is 11.3. The first kappa shape index (κ1) is 13.9. The number of carbonyl (C=O) groups excluding carboxylic acids is 1. The average Bonchev–Trinajstić information content (AvgIpc) is 2.73. The highest BCUT2D eigenvalue weighted by atomic mass is 16.6. The monoisotopic (exact) mass is 263 g/mol. The van der Waals surface area contributed by atoms with Crippen LogP contribution in [0, 0.1) is 0 Å². The van der Waals surface area contributed by atoms with Gasteiger partial charge in [-0.25, -0.2) is 4.79 Å². The molecule has 1 saturated heterocycles. The molecule has 1 aliphatic heterocycles. The van der Waals surface area contributed by atoms with Gasteiger partial charge in [-0.15, -0.1) is 0 Å². The minimum absolute atomic E-state index is 0.1000. The van der Waals surface area contributed by atoms with Crippen molar-refractivity contribution in [3.63, 3.8) is 0 Å². The number of nitrogens with one attached hydrogen (secondary N) is 1. The summed E-state index contributed by atoms with van der Waals surface area (Å²) >= 11 is 0. The van der Waals surface area contributed by atoms with E-state index in [1.54, 1.807) is 0 Å². The molecule has 19 heavy (non-hydrogen) atoms. The van der Waals surface area contributed by atoms with Crippen molar-refractivity contribution >= 4 is 5.97 Å². The Morgan fingerprint density at radius 1 is 1.32 bits per heavy atom. The molecule has 0 spiro atoms. The van der Waals surface area contributed by atoms with Crippen LogP contribution in [0.25, 0.3) is 0 Å². The lowest BCUT2D eigenvalue weighted by molar-refractivity contribution is -0.143. The molecule has 1 fully saturated rings. The molecule has 0 radical (unpaired) electrons. The Balaban J connectivity index is 1.89. The van der Waals surface area contributed by atoms with E-state index >= 15 is 0 Å². The third-order valence-electron chi connectivity index (χ3n) is 2.91. The number of ether oxygens (including phenoxy) is 2. The number of esters is 1. The second-order valence-electron chi connectivity index (χ2n) is 5.81. The summed E-state index contributed by atoms with van der Waals surface area (Å²) in [6.45, 7) is 7.68. The van der Waals surface area contributed by atoms with Crippen LogP contribution in [0.15, 0.2) is 24.3 Å². The highest BCUT2D eigenvalue weighted by Gasteiger charge is 2.28. The molecule has 4 heteroatoms. The van der Waals surface area contributed by atoms with Gasteiger partial charge in [-0.05, 0) is 38.5 Å². The molecular formula is C15H21NO3. The smallest absolute Gasteiger partial charge is 0.347 e. The van der Waals surface area contributed by atoms with Gasteiger partial charge in [0.2, 0.25) is 0 Å². The van der Waals surface area contributed by atoms with Crippen molar-refractivity contribution in [1.29, 1.82) is 0 Å². The maximum absolute atomic E-state index is 11.3. The van der Waals surface area contributed by atoms with E-state index in [2.05, 4.69) is 26.1 Å². The zero-order chi connectivity index (χ0) is 13.9. The topological polar surface area (TPSA) is 47.6 Å². The number of hydrogen-bond donors (Lipinski definition) is 1. The third kappa shape index (κ3) is 4.24. The highest BCUT2D eigenvalue weighted by molar-refractivity contribution is 5.76. The predicted octanol–water partition coefficient (Wildman–Crippen LogP) is 2.27. The molecular weight excluding hydrogens is 242 g/mol. The number of hydrogen-bond acceptors (Lipinski definition) is 4. The lowest BCUT2D eigenvalue weighted by atomic mass is 10.1. The van der Waals surface area contributed by atoms with Gasteiger partial charge in [0.05, 0.1) is 6.61 Å². The molecule has 2 rings (SSSR count). The Morgan fingerprint density at radius 2 is 2.00 bits per heavy atom. The van der Waals surface area contributed by atoms with Crippen LogP contribution in [0.3, 0.4) is 0 Å². The van der Waals surface area contributed by atoms with Crippen LogP contribution in [-0.2, 0) is 16.1 Å². The summed E-state index contributed by atoms with van der Waals surface area (Å²) in [7, 11) is 0. The molecule has 1 unspecified atom stereocenters. The highest BCUT2D eigenvalue weighted by Crippen LogP contribution is 2.18. The summed E-state index contributed by atoms with van der Waals surface area (Å²) < 4.78 is 10.5. The van der Waals surface area contributed by atoms with Crippen molar-refractivity contribution in [2.45, 2.75) is 45.4 Å². The third-order valence-corrected chi connectivity index (χ3v) is 2.91. The van der Waals surface area contributed by atoms with Gasteiger partial charge in [0, 0.05) is 18.5 Å². The SMILES string of the molecule is CC(C)(C)NCc1ccc(OC2CCOC2=O)cc1. The van der Waals surface area contributed by atoms with Crippen LogP contribution in [-0.4, -0.2) is 24.2 Å². The number of cyclic esters (lactones) is 1. The standard InChI is InChI=1S/C15H21NO3/c1-15(2,3)16-10-11-4-6-12(7-5-11)19-13-8-9-18-14(13)17/h4-7,13,16H,8-10H2,1-3H3. The summed E-state index contributed by atoms with van der Waals surface area (Å²) in [6, 6.07) is 7.80. The van der Waals surface area contributed by atoms with E-state index < -0.39 is 6.10 Å². The molecule has 1 atom stereocenters. The van der Waals surface area contributed by atoms with Crippen molar-refractivity contribution in [3.8, 4) is 5.75 Å². The Bertz CT molecular complexity index is 434. The van der Waals surface area contributed by atoms with Gasteiger partial charge in [0.25, 0.3) is 0 Å². The minimum Gasteiger partial charge on any atom is -0.479 e. The predicted molar refractivity (Wildman–Crippen MR) is 73.0 cm³/mol. The van der Waals surface area contributed by atoms with Crippen molar-refractivity contribution in [1.82, 2.24) is 5.32 Å². The van der Waals surface area contributed by atoms with E-state index in [9.17, 15) is 4.79 Å². The summed E-state index contributed by atoms with van der Waals surface area (Å²) in [4.78, 5) is 11.3. The lowest BCUT2D eigenvalue weighted by Gasteiger charge is -2.20. The Labute approximate surface area is 114 Å². The molecule has 0 amide bonds. The molecule has 1 aromatic rings.